The Balaban J connectivity index is 2.12. The van der Waals surface area contributed by atoms with Gasteiger partial charge in [-0.05, 0) is 36.5 Å². The molecule has 0 aliphatic carbocycles. The second-order valence-electron chi connectivity index (χ2n) is 7.07. The van der Waals surface area contributed by atoms with Gasteiger partial charge < -0.3 is 4.90 Å². The van der Waals surface area contributed by atoms with Crippen LogP contribution >= 0.6 is 0 Å². The lowest BCUT2D eigenvalue weighted by molar-refractivity contribution is -0.132. The van der Waals surface area contributed by atoms with E-state index < -0.39 is 10.0 Å². The van der Waals surface area contributed by atoms with E-state index in [0.29, 0.717) is 37.5 Å². The van der Waals surface area contributed by atoms with Gasteiger partial charge >= 0.3 is 0 Å². The molecule has 1 aromatic rings. The molecule has 0 aromatic heterocycles. The molecule has 0 saturated carbocycles. The summed E-state index contributed by atoms with van der Waals surface area (Å²) >= 11 is 0. The molecular weight excluding hydrogens is 336 g/mol. The minimum absolute atomic E-state index is 0.136. The molecule has 140 valence electrons. The molecule has 1 saturated heterocycles. The number of rotatable bonds is 6. The van der Waals surface area contributed by atoms with Gasteiger partial charge in [0.1, 0.15) is 0 Å². The number of carbonyl (C=O) groups excluding carboxylic acids is 1. The molecule has 2 rings (SSSR count). The lowest BCUT2D eigenvalue weighted by Gasteiger charge is -2.34. The van der Waals surface area contributed by atoms with Crippen LogP contribution in [0.1, 0.15) is 57.1 Å². The molecule has 0 unspecified atom stereocenters. The first-order valence-electron chi connectivity index (χ1n) is 9.15. The molecule has 1 aromatic carbocycles. The molecule has 1 fully saturated rings. The van der Waals surface area contributed by atoms with E-state index in [9.17, 15) is 13.2 Å². The van der Waals surface area contributed by atoms with E-state index in [1.807, 2.05) is 19.1 Å². The van der Waals surface area contributed by atoms with Gasteiger partial charge in [0, 0.05) is 32.6 Å². The van der Waals surface area contributed by atoms with Crippen molar-refractivity contribution in [1.82, 2.24) is 9.21 Å². The Bertz CT molecular complexity index is 705. The summed E-state index contributed by atoms with van der Waals surface area (Å²) in [5.41, 5.74) is 1.79. The van der Waals surface area contributed by atoms with Crippen LogP contribution < -0.4 is 0 Å². The van der Waals surface area contributed by atoms with Gasteiger partial charge in [0.15, 0.2) is 0 Å². The third-order valence-electron chi connectivity index (χ3n) is 4.83. The quantitative estimate of drug-likeness (QED) is 0.777. The van der Waals surface area contributed by atoms with Crippen molar-refractivity contribution < 1.29 is 13.2 Å². The third-order valence-corrected chi connectivity index (χ3v) is 6.87. The van der Waals surface area contributed by atoms with Crippen LogP contribution in [0.3, 0.4) is 0 Å². The number of nitrogens with zero attached hydrogens (tertiary/aromatic N) is 2. The number of sulfonamides is 1. The summed E-state index contributed by atoms with van der Waals surface area (Å²) in [6, 6.07) is 5.67. The number of carbonyl (C=O) groups is 1. The number of aryl methyl sites for hydroxylation is 1. The summed E-state index contributed by atoms with van der Waals surface area (Å²) in [5, 5.41) is 0. The number of hydrogen-bond donors (Lipinski definition) is 0. The van der Waals surface area contributed by atoms with Crippen molar-refractivity contribution in [2.45, 2.75) is 57.8 Å². The van der Waals surface area contributed by atoms with Crippen LogP contribution in [0.15, 0.2) is 23.1 Å². The van der Waals surface area contributed by atoms with Crippen LogP contribution in [0, 0.1) is 6.92 Å². The standard InChI is InChI=1S/C19H30N2O3S/c1-5-6-7-19(22)20-10-12-21(13-11-20)25(23,24)18-14-17(15(2)3)9-8-16(18)4/h8-9,14-15H,5-7,10-13H2,1-4H3. The molecule has 0 N–H and O–H groups in total. The van der Waals surface area contributed by atoms with Crippen molar-refractivity contribution >= 4 is 15.9 Å². The summed E-state index contributed by atoms with van der Waals surface area (Å²) in [6.07, 6.45) is 2.43. The highest BCUT2D eigenvalue weighted by atomic mass is 32.2. The summed E-state index contributed by atoms with van der Waals surface area (Å²) < 4.78 is 27.6. The second-order valence-corrected chi connectivity index (χ2v) is 8.97. The van der Waals surface area contributed by atoms with Crippen molar-refractivity contribution in [3.63, 3.8) is 0 Å². The molecule has 1 amide bonds. The Kier molecular flexibility index (Phi) is 6.63. The van der Waals surface area contributed by atoms with Crippen molar-refractivity contribution in [3.05, 3.63) is 29.3 Å². The number of amides is 1. The van der Waals surface area contributed by atoms with Gasteiger partial charge in [0.2, 0.25) is 15.9 Å². The number of piperazine rings is 1. The van der Waals surface area contributed by atoms with Gasteiger partial charge in [-0.1, -0.05) is 39.3 Å². The normalized spacial score (nSPS) is 16.4. The molecule has 6 heteroatoms. The maximum Gasteiger partial charge on any atom is 0.243 e. The van der Waals surface area contributed by atoms with E-state index in [-0.39, 0.29) is 11.8 Å². The fourth-order valence-electron chi connectivity index (χ4n) is 3.06. The van der Waals surface area contributed by atoms with Gasteiger partial charge in [0.25, 0.3) is 0 Å². The zero-order valence-corrected chi connectivity index (χ0v) is 16.6. The molecule has 0 spiro atoms. The SMILES string of the molecule is CCCCC(=O)N1CCN(S(=O)(=O)c2cc(C(C)C)ccc2C)CC1. The predicted octanol–water partition coefficient (Wildman–Crippen LogP) is 3.14. The van der Waals surface area contributed by atoms with Crippen LogP contribution in [0.2, 0.25) is 0 Å². The lowest BCUT2D eigenvalue weighted by atomic mass is 10.0. The molecule has 25 heavy (non-hydrogen) atoms. The average molecular weight is 367 g/mol. The van der Waals surface area contributed by atoms with Crippen LogP contribution in [0.5, 0.6) is 0 Å². The largest absolute Gasteiger partial charge is 0.340 e. The molecule has 1 aliphatic heterocycles. The van der Waals surface area contributed by atoms with E-state index in [1.54, 1.807) is 11.0 Å². The zero-order chi connectivity index (χ0) is 18.6. The summed E-state index contributed by atoms with van der Waals surface area (Å²) in [6.45, 7) is 9.70. The molecule has 5 nitrogen and oxygen atoms in total. The van der Waals surface area contributed by atoms with E-state index in [4.69, 9.17) is 0 Å². The summed E-state index contributed by atoms with van der Waals surface area (Å²) in [4.78, 5) is 14.3. The monoisotopic (exact) mass is 366 g/mol. The Morgan fingerprint density at radius 2 is 1.80 bits per heavy atom. The molecule has 0 radical (unpaired) electrons. The number of hydrogen-bond acceptors (Lipinski definition) is 3. The first kappa shape index (κ1) is 19.9. The molecular formula is C19H30N2O3S. The first-order chi connectivity index (χ1) is 11.8. The second kappa shape index (κ2) is 8.32. The Morgan fingerprint density at radius 3 is 2.36 bits per heavy atom. The molecule has 0 atom stereocenters. The van der Waals surface area contributed by atoms with Crippen LogP contribution in [0.4, 0.5) is 0 Å². The molecule has 1 heterocycles. The topological polar surface area (TPSA) is 57.7 Å². The maximum absolute atomic E-state index is 13.1. The Morgan fingerprint density at radius 1 is 1.16 bits per heavy atom. The lowest BCUT2D eigenvalue weighted by Crippen LogP contribution is -2.50. The fourth-order valence-corrected chi connectivity index (χ4v) is 4.74. The van der Waals surface area contributed by atoms with Gasteiger partial charge in [-0.15, -0.1) is 0 Å². The van der Waals surface area contributed by atoms with Gasteiger partial charge in [-0.3, -0.25) is 4.79 Å². The van der Waals surface area contributed by atoms with Gasteiger partial charge in [0.05, 0.1) is 4.90 Å². The van der Waals surface area contributed by atoms with Crippen molar-refractivity contribution in [2.24, 2.45) is 0 Å². The zero-order valence-electron chi connectivity index (χ0n) is 15.8. The van der Waals surface area contributed by atoms with E-state index in [1.165, 1.54) is 4.31 Å². The first-order valence-corrected chi connectivity index (χ1v) is 10.6. The minimum Gasteiger partial charge on any atom is -0.340 e. The predicted molar refractivity (Wildman–Crippen MR) is 100 cm³/mol. The highest BCUT2D eigenvalue weighted by molar-refractivity contribution is 7.89. The Labute approximate surface area is 152 Å². The van der Waals surface area contributed by atoms with E-state index in [0.717, 1.165) is 24.0 Å². The molecule has 0 bridgehead atoms. The Hall–Kier alpha value is -1.40. The van der Waals surface area contributed by atoms with Crippen LogP contribution in [0.25, 0.3) is 0 Å². The third kappa shape index (κ3) is 4.61. The van der Waals surface area contributed by atoms with Crippen LogP contribution in [-0.2, 0) is 14.8 Å². The minimum atomic E-state index is -3.52. The van der Waals surface area contributed by atoms with Crippen molar-refractivity contribution in [3.8, 4) is 0 Å². The highest BCUT2D eigenvalue weighted by Crippen LogP contribution is 2.25. The van der Waals surface area contributed by atoms with Gasteiger partial charge in [-0.2, -0.15) is 4.31 Å². The highest BCUT2D eigenvalue weighted by Gasteiger charge is 2.31. The number of benzene rings is 1. The summed E-state index contributed by atoms with van der Waals surface area (Å²) in [5.74, 6) is 0.416. The summed E-state index contributed by atoms with van der Waals surface area (Å²) in [7, 11) is -3.52. The average Bonchev–Trinajstić information content (AvgIpc) is 2.59. The number of unbranched alkanes of at least 4 members (excludes halogenated alkanes) is 1. The maximum atomic E-state index is 13.1. The van der Waals surface area contributed by atoms with E-state index in [2.05, 4.69) is 20.8 Å². The smallest absolute Gasteiger partial charge is 0.243 e. The van der Waals surface area contributed by atoms with Crippen molar-refractivity contribution in [2.75, 3.05) is 26.2 Å². The van der Waals surface area contributed by atoms with Crippen molar-refractivity contribution in [1.29, 1.82) is 0 Å². The van der Waals surface area contributed by atoms with Crippen LogP contribution in [-0.4, -0.2) is 49.7 Å². The van der Waals surface area contributed by atoms with Gasteiger partial charge in [-0.25, -0.2) is 8.42 Å². The van der Waals surface area contributed by atoms with E-state index >= 15 is 0 Å². The fraction of sp³-hybridized carbons (Fsp3) is 0.632. The molecule has 1 aliphatic rings.